The molecular formula is C21H19BrO3. The Labute approximate surface area is 156 Å². The zero-order chi connectivity index (χ0) is 17.5. The maximum atomic E-state index is 9.60. The third-order valence-electron chi connectivity index (χ3n) is 3.74. The van der Waals surface area contributed by atoms with Crippen molar-refractivity contribution >= 4 is 15.9 Å². The fraction of sp³-hybridized carbons (Fsp3) is 0.143. The number of halogens is 1. The molecule has 0 aliphatic carbocycles. The summed E-state index contributed by atoms with van der Waals surface area (Å²) < 4.78 is 12.5. The Balaban J connectivity index is 1.75. The van der Waals surface area contributed by atoms with E-state index in [1.807, 2.05) is 72.8 Å². The SMILES string of the molecule is OCc1cc(OCc2ccccc2)cc(OCc2ccccc2)c1Br. The summed E-state index contributed by atoms with van der Waals surface area (Å²) in [5.41, 5.74) is 2.90. The Morgan fingerprint density at radius 3 is 1.88 bits per heavy atom. The topological polar surface area (TPSA) is 38.7 Å². The molecule has 0 spiro atoms. The molecule has 3 aromatic carbocycles. The van der Waals surface area contributed by atoms with Crippen molar-refractivity contribution in [1.29, 1.82) is 0 Å². The molecule has 0 saturated carbocycles. The van der Waals surface area contributed by atoms with Crippen molar-refractivity contribution in [2.24, 2.45) is 0 Å². The van der Waals surface area contributed by atoms with Crippen molar-refractivity contribution in [3.8, 4) is 11.5 Å². The van der Waals surface area contributed by atoms with E-state index in [-0.39, 0.29) is 6.61 Å². The molecule has 3 rings (SSSR count). The monoisotopic (exact) mass is 398 g/mol. The summed E-state index contributed by atoms with van der Waals surface area (Å²) in [4.78, 5) is 0. The maximum absolute atomic E-state index is 9.60. The number of aliphatic hydroxyl groups is 1. The van der Waals surface area contributed by atoms with E-state index in [1.165, 1.54) is 0 Å². The minimum absolute atomic E-state index is 0.0924. The van der Waals surface area contributed by atoms with Gasteiger partial charge in [-0.1, -0.05) is 60.7 Å². The third kappa shape index (κ3) is 4.84. The highest BCUT2D eigenvalue weighted by Crippen LogP contribution is 2.34. The van der Waals surface area contributed by atoms with Crippen LogP contribution in [0.5, 0.6) is 11.5 Å². The molecule has 0 amide bonds. The molecule has 0 atom stereocenters. The van der Waals surface area contributed by atoms with Gasteiger partial charge in [0.1, 0.15) is 24.7 Å². The standard InChI is InChI=1S/C21H19BrO3/c22-21-18(13-23)11-19(24-14-16-7-3-1-4-8-16)12-20(21)25-15-17-9-5-2-6-10-17/h1-12,23H,13-15H2. The second-order valence-electron chi connectivity index (χ2n) is 5.60. The zero-order valence-corrected chi connectivity index (χ0v) is 15.3. The molecule has 1 N–H and O–H groups in total. The Kier molecular flexibility index (Phi) is 6.09. The van der Waals surface area contributed by atoms with E-state index in [2.05, 4.69) is 15.9 Å². The van der Waals surface area contributed by atoms with Gasteiger partial charge in [0.2, 0.25) is 0 Å². The summed E-state index contributed by atoms with van der Waals surface area (Å²) in [5.74, 6) is 1.32. The van der Waals surface area contributed by atoms with Gasteiger partial charge in [0.05, 0.1) is 11.1 Å². The van der Waals surface area contributed by atoms with Crippen molar-refractivity contribution in [2.75, 3.05) is 0 Å². The van der Waals surface area contributed by atoms with Crippen molar-refractivity contribution in [2.45, 2.75) is 19.8 Å². The molecule has 0 fully saturated rings. The fourth-order valence-corrected chi connectivity index (χ4v) is 2.88. The van der Waals surface area contributed by atoms with Crippen LogP contribution in [0.4, 0.5) is 0 Å². The number of ether oxygens (including phenoxy) is 2. The predicted octanol–water partition coefficient (Wildman–Crippen LogP) is 5.10. The molecule has 3 nitrogen and oxygen atoms in total. The van der Waals surface area contributed by atoms with Crippen LogP contribution in [0.1, 0.15) is 16.7 Å². The van der Waals surface area contributed by atoms with Crippen LogP contribution in [0.2, 0.25) is 0 Å². The number of rotatable bonds is 7. The summed E-state index contributed by atoms with van der Waals surface area (Å²) in [6, 6.07) is 23.6. The summed E-state index contributed by atoms with van der Waals surface area (Å²) in [6.45, 7) is 0.822. The van der Waals surface area contributed by atoms with Crippen LogP contribution in [0.25, 0.3) is 0 Å². The highest BCUT2D eigenvalue weighted by molar-refractivity contribution is 9.10. The first-order chi connectivity index (χ1) is 12.3. The largest absolute Gasteiger partial charge is 0.489 e. The number of hydrogen-bond donors (Lipinski definition) is 1. The van der Waals surface area contributed by atoms with Crippen LogP contribution in [0, 0.1) is 0 Å². The van der Waals surface area contributed by atoms with Gasteiger partial charge in [-0.3, -0.25) is 0 Å². The van der Waals surface area contributed by atoms with Gasteiger partial charge in [-0.2, -0.15) is 0 Å². The molecule has 25 heavy (non-hydrogen) atoms. The third-order valence-corrected chi connectivity index (χ3v) is 4.64. The molecule has 0 aromatic heterocycles. The van der Waals surface area contributed by atoms with Gasteiger partial charge in [-0.15, -0.1) is 0 Å². The first kappa shape index (κ1) is 17.5. The van der Waals surface area contributed by atoms with E-state index in [9.17, 15) is 5.11 Å². The molecule has 0 radical (unpaired) electrons. The lowest BCUT2D eigenvalue weighted by Crippen LogP contribution is -2.00. The second kappa shape index (κ2) is 8.70. The van der Waals surface area contributed by atoms with E-state index >= 15 is 0 Å². The quantitative estimate of drug-likeness (QED) is 0.601. The smallest absolute Gasteiger partial charge is 0.138 e. The fourth-order valence-electron chi connectivity index (χ4n) is 2.41. The molecule has 3 aromatic rings. The van der Waals surface area contributed by atoms with Gasteiger partial charge in [0.15, 0.2) is 0 Å². The minimum atomic E-state index is -0.0924. The average Bonchev–Trinajstić information content (AvgIpc) is 2.67. The average molecular weight is 399 g/mol. The van der Waals surface area contributed by atoms with Crippen LogP contribution < -0.4 is 9.47 Å². The van der Waals surface area contributed by atoms with Gasteiger partial charge >= 0.3 is 0 Å². The molecule has 0 aliphatic rings. The second-order valence-corrected chi connectivity index (χ2v) is 6.39. The van der Waals surface area contributed by atoms with Gasteiger partial charge in [0, 0.05) is 6.07 Å². The van der Waals surface area contributed by atoms with E-state index in [1.54, 1.807) is 0 Å². The number of benzene rings is 3. The lowest BCUT2D eigenvalue weighted by Gasteiger charge is -2.14. The van der Waals surface area contributed by atoms with E-state index < -0.39 is 0 Å². The molecule has 4 heteroatoms. The minimum Gasteiger partial charge on any atom is -0.489 e. The van der Waals surface area contributed by atoms with E-state index in [4.69, 9.17) is 9.47 Å². The lowest BCUT2D eigenvalue weighted by atomic mass is 10.2. The number of hydrogen-bond acceptors (Lipinski definition) is 3. The molecule has 0 aliphatic heterocycles. The van der Waals surface area contributed by atoms with E-state index in [0.29, 0.717) is 24.7 Å². The van der Waals surface area contributed by atoms with Crippen LogP contribution in [-0.2, 0) is 19.8 Å². The van der Waals surface area contributed by atoms with E-state index in [0.717, 1.165) is 21.2 Å². The molecule has 128 valence electrons. The van der Waals surface area contributed by atoms with Crippen molar-refractivity contribution < 1.29 is 14.6 Å². The van der Waals surface area contributed by atoms with Gasteiger partial charge in [-0.25, -0.2) is 0 Å². The van der Waals surface area contributed by atoms with Gasteiger partial charge < -0.3 is 14.6 Å². The number of aliphatic hydroxyl groups excluding tert-OH is 1. The highest BCUT2D eigenvalue weighted by atomic mass is 79.9. The molecule has 0 unspecified atom stereocenters. The Morgan fingerprint density at radius 2 is 1.32 bits per heavy atom. The van der Waals surface area contributed by atoms with Crippen LogP contribution >= 0.6 is 15.9 Å². The summed E-state index contributed by atoms with van der Waals surface area (Å²) in [5, 5.41) is 9.60. The van der Waals surface area contributed by atoms with Crippen LogP contribution in [0.15, 0.2) is 77.3 Å². The summed E-state index contributed by atoms with van der Waals surface area (Å²) in [7, 11) is 0. The Bertz CT molecular complexity index is 804. The molecule has 0 heterocycles. The first-order valence-electron chi connectivity index (χ1n) is 8.03. The summed E-state index contributed by atoms with van der Waals surface area (Å²) >= 11 is 3.50. The van der Waals surface area contributed by atoms with Crippen molar-refractivity contribution in [1.82, 2.24) is 0 Å². The molecular weight excluding hydrogens is 380 g/mol. The summed E-state index contributed by atoms with van der Waals surface area (Å²) in [6.07, 6.45) is 0. The van der Waals surface area contributed by atoms with Crippen molar-refractivity contribution in [3.63, 3.8) is 0 Å². The normalized spacial score (nSPS) is 10.5. The lowest BCUT2D eigenvalue weighted by molar-refractivity contribution is 0.269. The van der Waals surface area contributed by atoms with Gasteiger partial charge in [-0.05, 0) is 38.7 Å². The highest BCUT2D eigenvalue weighted by Gasteiger charge is 2.11. The van der Waals surface area contributed by atoms with Crippen molar-refractivity contribution in [3.05, 3.63) is 94.0 Å². The van der Waals surface area contributed by atoms with Crippen LogP contribution in [-0.4, -0.2) is 5.11 Å². The Morgan fingerprint density at radius 1 is 0.760 bits per heavy atom. The predicted molar refractivity (Wildman–Crippen MR) is 102 cm³/mol. The van der Waals surface area contributed by atoms with Gasteiger partial charge in [0.25, 0.3) is 0 Å². The Hall–Kier alpha value is -2.30. The molecule has 0 saturated heterocycles. The zero-order valence-electron chi connectivity index (χ0n) is 13.7. The molecule has 0 bridgehead atoms. The first-order valence-corrected chi connectivity index (χ1v) is 8.82. The maximum Gasteiger partial charge on any atom is 0.138 e. The van der Waals surface area contributed by atoms with Crippen LogP contribution in [0.3, 0.4) is 0 Å².